The summed E-state index contributed by atoms with van der Waals surface area (Å²) in [6, 6.07) is 0. The van der Waals surface area contributed by atoms with E-state index in [4.69, 9.17) is 5.41 Å². The zero-order chi connectivity index (χ0) is 9.40. The van der Waals surface area contributed by atoms with Crippen molar-refractivity contribution < 1.29 is 0 Å². The van der Waals surface area contributed by atoms with Crippen molar-refractivity contribution in [3.05, 3.63) is 24.3 Å². The predicted molar refractivity (Wildman–Crippen MR) is 52.4 cm³/mol. The first-order valence-electron chi connectivity index (χ1n) is 4.01. The Morgan fingerprint density at radius 3 is 2.67 bits per heavy atom. The van der Waals surface area contributed by atoms with Crippen LogP contribution in [0.15, 0.2) is 18.5 Å². The topological polar surface area (TPSA) is 52.5 Å². The van der Waals surface area contributed by atoms with Crippen LogP contribution in [0.25, 0.3) is 6.08 Å². The average molecular weight is 165 g/mol. The van der Waals surface area contributed by atoms with Crippen molar-refractivity contribution in [1.29, 1.82) is 5.41 Å². The van der Waals surface area contributed by atoms with E-state index in [1.165, 1.54) is 0 Å². The van der Waals surface area contributed by atoms with Crippen LogP contribution in [0.3, 0.4) is 0 Å². The van der Waals surface area contributed by atoms with E-state index in [9.17, 15) is 0 Å². The highest BCUT2D eigenvalue weighted by molar-refractivity contribution is 5.93. The second-order valence-electron chi connectivity index (χ2n) is 1.99. The van der Waals surface area contributed by atoms with Gasteiger partial charge in [-0.1, -0.05) is 13.8 Å². The molecule has 2 N–H and O–H groups in total. The summed E-state index contributed by atoms with van der Waals surface area (Å²) in [5.74, 6) is 0.784. The van der Waals surface area contributed by atoms with Crippen molar-refractivity contribution in [3.8, 4) is 0 Å². The summed E-state index contributed by atoms with van der Waals surface area (Å²) in [6.07, 6.45) is 6.89. The number of imidazole rings is 1. The third-order valence-electron chi connectivity index (χ3n) is 1.01. The van der Waals surface area contributed by atoms with Gasteiger partial charge in [-0.2, -0.15) is 0 Å². The molecule has 66 valence electrons. The highest BCUT2D eigenvalue weighted by Crippen LogP contribution is 1.91. The van der Waals surface area contributed by atoms with Crippen LogP contribution in [0.2, 0.25) is 0 Å². The molecule has 3 nitrogen and oxygen atoms in total. The number of nitrogens with one attached hydrogen (secondary N) is 2. The van der Waals surface area contributed by atoms with Crippen LogP contribution in [-0.4, -0.2) is 15.7 Å². The molecular weight excluding hydrogens is 150 g/mol. The molecule has 0 saturated carbocycles. The molecule has 0 atom stereocenters. The van der Waals surface area contributed by atoms with Gasteiger partial charge in [0.2, 0.25) is 0 Å². The monoisotopic (exact) mass is 165 g/mol. The molecule has 12 heavy (non-hydrogen) atoms. The van der Waals surface area contributed by atoms with Crippen LogP contribution in [0.4, 0.5) is 0 Å². The summed E-state index contributed by atoms with van der Waals surface area (Å²) in [5, 5.41) is 7.07. The van der Waals surface area contributed by atoms with Crippen molar-refractivity contribution in [1.82, 2.24) is 9.97 Å². The highest BCUT2D eigenvalue weighted by atomic mass is 14.9. The molecule has 1 aromatic heterocycles. The average Bonchev–Trinajstić information content (AvgIpc) is 2.56. The molecule has 0 fully saturated rings. The van der Waals surface area contributed by atoms with Gasteiger partial charge in [-0.25, -0.2) is 4.98 Å². The van der Waals surface area contributed by atoms with Gasteiger partial charge in [-0.3, -0.25) is 0 Å². The fourth-order valence-corrected chi connectivity index (χ4v) is 0.573. The summed E-state index contributed by atoms with van der Waals surface area (Å²) in [5.41, 5.74) is 0.524. The lowest BCUT2D eigenvalue weighted by atomic mass is 10.4. The van der Waals surface area contributed by atoms with Crippen molar-refractivity contribution in [2.24, 2.45) is 0 Å². The molecule has 1 heterocycles. The van der Waals surface area contributed by atoms with E-state index in [2.05, 4.69) is 9.97 Å². The minimum absolute atomic E-state index is 0.524. The maximum atomic E-state index is 7.07. The molecule has 1 aromatic rings. The zero-order valence-corrected chi connectivity index (χ0v) is 7.76. The first kappa shape index (κ1) is 10.6. The first-order chi connectivity index (χ1) is 5.79. The Bertz CT molecular complexity index is 234. The van der Waals surface area contributed by atoms with Crippen molar-refractivity contribution in [3.63, 3.8) is 0 Å². The summed E-state index contributed by atoms with van der Waals surface area (Å²) in [7, 11) is 0. The normalized spacial score (nSPS) is 9.25. The van der Waals surface area contributed by atoms with Crippen molar-refractivity contribution in [2.45, 2.75) is 20.8 Å². The Morgan fingerprint density at radius 2 is 2.25 bits per heavy atom. The molecule has 0 radical (unpaired) electrons. The SMILES string of the molecule is CC.CC(=N)/C=C\c1ncc[nH]1. The number of allylic oxidation sites excluding steroid dienone is 1. The van der Waals surface area contributed by atoms with Crippen molar-refractivity contribution >= 4 is 11.8 Å². The second-order valence-corrected chi connectivity index (χ2v) is 1.99. The minimum atomic E-state index is 0.524. The Kier molecular flexibility index (Phi) is 5.61. The molecule has 0 saturated heterocycles. The summed E-state index contributed by atoms with van der Waals surface area (Å²) >= 11 is 0. The van der Waals surface area contributed by atoms with Crippen molar-refractivity contribution in [2.75, 3.05) is 0 Å². The summed E-state index contributed by atoms with van der Waals surface area (Å²) < 4.78 is 0. The minimum Gasteiger partial charge on any atom is -0.345 e. The molecule has 0 amide bonds. The quantitative estimate of drug-likeness (QED) is 0.650. The molecule has 0 aromatic carbocycles. The van der Waals surface area contributed by atoms with Gasteiger partial charge < -0.3 is 10.4 Å². The standard InChI is InChI=1S/C7H9N3.C2H6/c1-6(8)2-3-7-9-4-5-10-7;1-2/h2-5,8H,1H3,(H,9,10);1-2H3/b3-2-,8-6?;. The predicted octanol–water partition coefficient (Wildman–Crippen LogP) is 2.49. The molecule has 0 aliphatic carbocycles. The number of rotatable bonds is 2. The van der Waals surface area contributed by atoms with Gasteiger partial charge in [0.15, 0.2) is 0 Å². The van der Waals surface area contributed by atoms with Gasteiger partial charge in [0.05, 0.1) is 0 Å². The third-order valence-corrected chi connectivity index (χ3v) is 1.01. The van der Waals surface area contributed by atoms with E-state index in [0.717, 1.165) is 5.82 Å². The molecular formula is C9H15N3. The lowest BCUT2D eigenvalue weighted by molar-refractivity contribution is 1.26. The summed E-state index contributed by atoms with van der Waals surface area (Å²) in [4.78, 5) is 6.85. The van der Waals surface area contributed by atoms with Gasteiger partial charge >= 0.3 is 0 Å². The molecule has 0 bridgehead atoms. The van der Waals surface area contributed by atoms with Gasteiger partial charge in [0.1, 0.15) is 5.82 Å². The Labute approximate surface area is 73.1 Å². The van der Waals surface area contributed by atoms with Gasteiger partial charge in [-0.05, 0) is 19.1 Å². The van der Waals surface area contributed by atoms with E-state index >= 15 is 0 Å². The van der Waals surface area contributed by atoms with E-state index in [1.807, 2.05) is 13.8 Å². The van der Waals surface area contributed by atoms with E-state index in [1.54, 1.807) is 31.5 Å². The molecule has 3 heteroatoms. The second kappa shape index (κ2) is 6.34. The van der Waals surface area contributed by atoms with Gasteiger partial charge in [0.25, 0.3) is 0 Å². The maximum absolute atomic E-state index is 7.07. The lowest BCUT2D eigenvalue weighted by Crippen LogP contribution is -1.79. The molecule has 0 unspecified atom stereocenters. The molecule has 0 spiro atoms. The maximum Gasteiger partial charge on any atom is 0.129 e. The fraction of sp³-hybridized carbons (Fsp3) is 0.333. The number of aromatic nitrogens is 2. The van der Waals surface area contributed by atoms with E-state index in [-0.39, 0.29) is 0 Å². The van der Waals surface area contributed by atoms with Crippen LogP contribution in [0.1, 0.15) is 26.6 Å². The van der Waals surface area contributed by atoms with Crippen LogP contribution >= 0.6 is 0 Å². The smallest absolute Gasteiger partial charge is 0.129 e. The fourth-order valence-electron chi connectivity index (χ4n) is 0.573. The molecule has 1 rings (SSSR count). The summed E-state index contributed by atoms with van der Waals surface area (Å²) in [6.45, 7) is 5.72. The van der Waals surface area contributed by atoms with Crippen LogP contribution in [0, 0.1) is 5.41 Å². The number of H-pyrrole nitrogens is 1. The Balaban J connectivity index is 0.000000561. The van der Waals surface area contributed by atoms with Crippen LogP contribution in [-0.2, 0) is 0 Å². The largest absolute Gasteiger partial charge is 0.345 e. The van der Waals surface area contributed by atoms with Gasteiger partial charge in [-0.15, -0.1) is 0 Å². The highest BCUT2D eigenvalue weighted by Gasteiger charge is 1.84. The van der Waals surface area contributed by atoms with Crippen LogP contribution in [0.5, 0.6) is 0 Å². The van der Waals surface area contributed by atoms with Crippen LogP contribution < -0.4 is 0 Å². The molecule has 0 aliphatic rings. The Morgan fingerprint density at radius 1 is 1.58 bits per heavy atom. The van der Waals surface area contributed by atoms with Gasteiger partial charge in [0, 0.05) is 18.1 Å². The molecule has 0 aliphatic heterocycles. The number of hydrogen-bond donors (Lipinski definition) is 2. The Hall–Kier alpha value is -1.38. The first-order valence-corrected chi connectivity index (χ1v) is 4.01. The van der Waals surface area contributed by atoms with E-state index in [0.29, 0.717) is 5.71 Å². The number of hydrogen-bond acceptors (Lipinski definition) is 2. The number of nitrogens with zero attached hydrogens (tertiary/aromatic N) is 1. The lowest BCUT2D eigenvalue weighted by Gasteiger charge is -1.82. The van der Waals surface area contributed by atoms with E-state index < -0.39 is 0 Å². The number of aromatic amines is 1. The zero-order valence-electron chi connectivity index (χ0n) is 7.76. The third kappa shape index (κ3) is 4.44.